The second kappa shape index (κ2) is 12.5. The van der Waals surface area contributed by atoms with Crippen LogP contribution in [0.2, 0.25) is 0 Å². The number of fused-ring (bicyclic) bond motifs is 10. The maximum atomic E-state index is 6.49. The predicted molar refractivity (Wildman–Crippen MR) is 204 cm³/mol. The van der Waals surface area contributed by atoms with Crippen LogP contribution >= 0.6 is 0 Å². The highest BCUT2D eigenvalue weighted by Gasteiger charge is 2.61. The summed E-state index contributed by atoms with van der Waals surface area (Å²) in [6, 6.07) is 0.414. The standard InChI is InChI=1S/C47H77N/c1-8-9-10-32-19-23-44(4)33(28-32)11-13-36-40-17-15-38(46(40,6)25-21-42(36)44)30(2)27-31(3)39-16-18-41-37-14-12-34-29-35(48)20-24-45(34,5)43(37)22-26-47(39,41)7/h11-12,30-32,35-43H,8-10,13-29,48H2,1-7H3/t30-,31-,32+,35+,36?,37?,38?,39?,40+,41+,42?,43?,44?,45?,46?,47?/m1/s1. The van der Waals surface area contributed by atoms with Crippen LogP contribution in [-0.4, -0.2) is 6.04 Å². The Balaban J connectivity index is 0.929. The fourth-order valence-electron chi connectivity index (χ4n) is 17.0. The second-order valence-corrected chi connectivity index (χ2v) is 21.4. The minimum Gasteiger partial charge on any atom is -0.327 e. The van der Waals surface area contributed by atoms with Crippen molar-refractivity contribution < 1.29 is 0 Å². The van der Waals surface area contributed by atoms with Crippen molar-refractivity contribution >= 4 is 0 Å². The largest absolute Gasteiger partial charge is 0.327 e. The number of hydrogen-bond donors (Lipinski definition) is 1. The Morgan fingerprint density at radius 3 is 1.71 bits per heavy atom. The van der Waals surface area contributed by atoms with Gasteiger partial charge in [0.15, 0.2) is 0 Å². The molecule has 0 aromatic carbocycles. The van der Waals surface area contributed by atoms with Crippen LogP contribution in [0, 0.1) is 86.8 Å². The highest BCUT2D eigenvalue weighted by Crippen LogP contribution is 2.70. The van der Waals surface area contributed by atoms with E-state index in [2.05, 4.69) is 60.6 Å². The summed E-state index contributed by atoms with van der Waals surface area (Å²) < 4.78 is 0. The molecule has 1 heteroatoms. The number of allylic oxidation sites excluding steroid dienone is 3. The molecule has 0 bridgehead atoms. The Kier molecular flexibility index (Phi) is 9.02. The molecule has 6 saturated carbocycles. The molecule has 6 fully saturated rings. The van der Waals surface area contributed by atoms with Crippen LogP contribution in [0.15, 0.2) is 23.3 Å². The average molecular weight is 656 g/mol. The quantitative estimate of drug-likeness (QED) is 0.271. The van der Waals surface area contributed by atoms with Crippen molar-refractivity contribution in [3.63, 3.8) is 0 Å². The van der Waals surface area contributed by atoms with Crippen molar-refractivity contribution in [2.24, 2.45) is 92.5 Å². The van der Waals surface area contributed by atoms with Crippen LogP contribution in [0.25, 0.3) is 0 Å². The molecular weight excluding hydrogens is 579 g/mol. The molecule has 10 unspecified atom stereocenters. The van der Waals surface area contributed by atoms with Gasteiger partial charge in [0.05, 0.1) is 0 Å². The van der Waals surface area contributed by atoms with E-state index in [1.807, 2.05) is 5.57 Å². The first-order chi connectivity index (χ1) is 22.9. The third-order valence-electron chi connectivity index (χ3n) is 19.6. The van der Waals surface area contributed by atoms with E-state index < -0.39 is 0 Å². The molecule has 8 rings (SSSR count). The predicted octanol–water partition coefficient (Wildman–Crippen LogP) is 12.9. The van der Waals surface area contributed by atoms with Gasteiger partial charge in [-0.1, -0.05) is 91.0 Å². The van der Waals surface area contributed by atoms with Crippen LogP contribution in [0.3, 0.4) is 0 Å². The number of rotatable bonds is 7. The fraction of sp³-hybridized carbons (Fsp3) is 0.915. The first-order valence-electron chi connectivity index (χ1n) is 22.1. The zero-order chi connectivity index (χ0) is 33.6. The molecule has 0 aromatic rings. The van der Waals surface area contributed by atoms with Crippen molar-refractivity contribution in [2.45, 2.75) is 183 Å². The third kappa shape index (κ3) is 5.19. The van der Waals surface area contributed by atoms with E-state index in [0.717, 1.165) is 65.1 Å². The minimum absolute atomic E-state index is 0.414. The lowest BCUT2D eigenvalue weighted by Gasteiger charge is -2.59. The van der Waals surface area contributed by atoms with Crippen LogP contribution in [-0.2, 0) is 0 Å². The second-order valence-electron chi connectivity index (χ2n) is 21.4. The molecule has 48 heavy (non-hydrogen) atoms. The molecule has 0 radical (unpaired) electrons. The molecule has 270 valence electrons. The molecule has 0 saturated heterocycles. The van der Waals surface area contributed by atoms with Gasteiger partial charge in [-0.3, -0.25) is 0 Å². The molecule has 0 aliphatic heterocycles. The van der Waals surface area contributed by atoms with Gasteiger partial charge in [0, 0.05) is 6.04 Å². The number of unbranched alkanes of at least 4 members (excludes halogenated alkanes) is 1. The van der Waals surface area contributed by atoms with E-state index >= 15 is 0 Å². The Bertz CT molecular complexity index is 1260. The summed E-state index contributed by atoms with van der Waals surface area (Å²) in [6.45, 7) is 18.8. The SMILES string of the molecule is CCCC[C@H]1CCC2(C)C(=CCC3C2CCC2(C)C([C@H](C)C[C@@H](C)C4CC[C@H]5C6CC=C7C[C@@H](N)CCC7(C)C6CCC45C)CC[C@@H]32)C1. The van der Waals surface area contributed by atoms with Gasteiger partial charge in [0.1, 0.15) is 0 Å². The fourth-order valence-corrected chi connectivity index (χ4v) is 17.0. The van der Waals surface area contributed by atoms with E-state index in [1.54, 1.807) is 5.57 Å². The minimum atomic E-state index is 0.414. The smallest absolute Gasteiger partial charge is 0.00766 e. The average Bonchev–Trinajstić information content (AvgIpc) is 3.61. The molecule has 0 aromatic heterocycles. The Morgan fingerprint density at radius 1 is 0.646 bits per heavy atom. The molecule has 16 atom stereocenters. The van der Waals surface area contributed by atoms with Crippen molar-refractivity contribution in [2.75, 3.05) is 0 Å². The molecule has 0 heterocycles. The number of hydrogen-bond acceptors (Lipinski definition) is 1. The highest BCUT2D eigenvalue weighted by atomic mass is 14.7. The van der Waals surface area contributed by atoms with E-state index in [9.17, 15) is 0 Å². The first kappa shape index (κ1) is 34.5. The lowest BCUT2D eigenvalue weighted by molar-refractivity contribution is -0.0612. The lowest BCUT2D eigenvalue weighted by Crippen LogP contribution is -2.51. The summed E-state index contributed by atoms with van der Waals surface area (Å²) in [4.78, 5) is 0. The molecular formula is C47H77N. The Morgan fingerprint density at radius 2 is 1.17 bits per heavy atom. The van der Waals surface area contributed by atoms with Gasteiger partial charge in [-0.2, -0.15) is 0 Å². The van der Waals surface area contributed by atoms with Gasteiger partial charge < -0.3 is 5.73 Å². The normalized spacial score (nSPS) is 52.4. The van der Waals surface area contributed by atoms with Gasteiger partial charge in [0.25, 0.3) is 0 Å². The Hall–Kier alpha value is -0.560. The first-order valence-corrected chi connectivity index (χ1v) is 22.1. The van der Waals surface area contributed by atoms with E-state index in [-0.39, 0.29) is 0 Å². The van der Waals surface area contributed by atoms with Crippen LogP contribution in [0.4, 0.5) is 0 Å². The van der Waals surface area contributed by atoms with E-state index in [1.165, 1.54) is 128 Å². The van der Waals surface area contributed by atoms with Gasteiger partial charge in [-0.15, -0.1) is 0 Å². The third-order valence-corrected chi connectivity index (χ3v) is 19.6. The van der Waals surface area contributed by atoms with E-state index in [4.69, 9.17) is 5.73 Å². The van der Waals surface area contributed by atoms with Gasteiger partial charge in [0.2, 0.25) is 0 Å². The monoisotopic (exact) mass is 656 g/mol. The number of nitrogens with two attached hydrogens (primary N) is 1. The summed E-state index contributed by atoms with van der Waals surface area (Å²) >= 11 is 0. The van der Waals surface area contributed by atoms with Gasteiger partial charge in [-0.25, -0.2) is 0 Å². The van der Waals surface area contributed by atoms with Crippen LogP contribution in [0.5, 0.6) is 0 Å². The van der Waals surface area contributed by atoms with Gasteiger partial charge >= 0.3 is 0 Å². The topological polar surface area (TPSA) is 26.0 Å². The van der Waals surface area contributed by atoms with Crippen molar-refractivity contribution in [1.29, 1.82) is 0 Å². The summed E-state index contributed by atoms with van der Waals surface area (Å²) in [5.41, 5.74) is 12.3. The van der Waals surface area contributed by atoms with Crippen molar-refractivity contribution in [3.05, 3.63) is 23.3 Å². The highest BCUT2D eigenvalue weighted by molar-refractivity contribution is 5.27. The summed E-state index contributed by atoms with van der Waals surface area (Å²) in [5, 5.41) is 0. The zero-order valence-corrected chi connectivity index (χ0v) is 32.8. The molecule has 8 aliphatic rings. The zero-order valence-electron chi connectivity index (χ0n) is 32.8. The molecule has 2 N–H and O–H groups in total. The molecule has 0 spiro atoms. The lowest BCUT2D eigenvalue weighted by atomic mass is 9.46. The summed E-state index contributed by atoms with van der Waals surface area (Å²) in [7, 11) is 0. The van der Waals surface area contributed by atoms with Gasteiger partial charge in [-0.05, 0) is 196 Å². The maximum Gasteiger partial charge on any atom is 0.00766 e. The molecule has 1 nitrogen and oxygen atoms in total. The van der Waals surface area contributed by atoms with Crippen LogP contribution in [0.1, 0.15) is 177 Å². The molecule has 0 amide bonds. The van der Waals surface area contributed by atoms with Crippen molar-refractivity contribution in [3.8, 4) is 0 Å². The Labute approximate surface area is 297 Å². The van der Waals surface area contributed by atoms with E-state index in [0.29, 0.717) is 27.7 Å². The maximum absolute atomic E-state index is 6.49. The summed E-state index contributed by atoms with van der Waals surface area (Å²) in [5.74, 6) is 10.4. The van der Waals surface area contributed by atoms with Crippen LogP contribution < -0.4 is 5.73 Å². The molecule has 8 aliphatic carbocycles. The van der Waals surface area contributed by atoms with Crippen molar-refractivity contribution in [1.82, 2.24) is 0 Å². The summed E-state index contributed by atoms with van der Waals surface area (Å²) in [6.07, 6.45) is 34.4.